The molecule has 0 amide bonds. The van der Waals surface area contributed by atoms with Crippen molar-refractivity contribution in [1.82, 2.24) is 10.3 Å². The van der Waals surface area contributed by atoms with E-state index < -0.39 is 0 Å². The first-order valence-electron chi connectivity index (χ1n) is 5.74. The Hall–Kier alpha value is -1.09. The maximum absolute atomic E-state index is 4.44. The van der Waals surface area contributed by atoms with Gasteiger partial charge in [0.05, 0.1) is 0 Å². The Balaban J connectivity index is 1.85. The van der Waals surface area contributed by atoms with E-state index in [0.29, 0.717) is 6.04 Å². The predicted octanol–water partition coefficient (Wildman–Crippen LogP) is 1.13. The monoisotopic (exact) mass is 203 g/mol. The summed E-state index contributed by atoms with van der Waals surface area (Å²) < 4.78 is 0. The molecule has 3 atom stereocenters. The molecule has 3 heteroatoms. The number of pyridine rings is 1. The molecule has 2 saturated heterocycles. The molecule has 1 aromatic rings. The van der Waals surface area contributed by atoms with Crippen LogP contribution in [0.25, 0.3) is 0 Å². The molecule has 2 fully saturated rings. The number of anilines is 1. The van der Waals surface area contributed by atoms with Crippen LogP contribution in [0.3, 0.4) is 0 Å². The highest BCUT2D eigenvalue weighted by Crippen LogP contribution is 2.34. The molecular formula is C12H17N3. The lowest BCUT2D eigenvalue weighted by atomic mass is 9.95. The van der Waals surface area contributed by atoms with Crippen LogP contribution in [0, 0.1) is 11.8 Å². The number of nitrogens with one attached hydrogen (secondary N) is 1. The summed E-state index contributed by atoms with van der Waals surface area (Å²) in [6.07, 6.45) is 1.88. The van der Waals surface area contributed by atoms with E-state index in [1.165, 1.54) is 13.1 Å². The Morgan fingerprint density at radius 3 is 3.07 bits per heavy atom. The van der Waals surface area contributed by atoms with Gasteiger partial charge in [-0.25, -0.2) is 4.98 Å². The molecule has 0 bridgehead atoms. The molecule has 15 heavy (non-hydrogen) atoms. The van der Waals surface area contributed by atoms with E-state index in [9.17, 15) is 0 Å². The third-order valence-corrected chi connectivity index (χ3v) is 3.88. The van der Waals surface area contributed by atoms with Gasteiger partial charge >= 0.3 is 0 Å². The fraction of sp³-hybridized carbons (Fsp3) is 0.583. The fourth-order valence-corrected chi connectivity index (χ4v) is 2.99. The molecule has 0 radical (unpaired) electrons. The van der Waals surface area contributed by atoms with E-state index in [0.717, 1.165) is 24.2 Å². The van der Waals surface area contributed by atoms with Crippen molar-refractivity contribution in [2.45, 2.75) is 13.0 Å². The Morgan fingerprint density at radius 1 is 1.40 bits per heavy atom. The second kappa shape index (κ2) is 3.49. The lowest BCUT2D eigenvalue weighted by Gasteiger charge is -2.25. The first-order valence-corrected chi connectivity index (χ1v) is 5.74. The zero-order chi connectivity index (χ0) is 10.3. The first kappa shape index (κ1) is 9.16. The number of fused-ring (bicyclic) bond motifs is 1. The minimum absolute atomic E-state index is 0.625. The van der Waals surface area contributed by atoms with Gasteiger partial charge in [-0.15, -0.1) is 0 Å². The minimum atomic E-state index is 0.625. The Kier molecular flexibility index (Phi) is 2.13. The van der Waals surface area contributed by atoms with Crippen molar-refractivity contribution in [1.29, 1.82) is 0 Å². The summed E-state index contributed by atoms with van der Waals surface area (Å²) in [6, 6.07) is 6.79. The molecule has 3 nitrogen and oxygen atoms in total. The maximum atomic E-state index is 4.44. The summed E-state index contributed by atoms with van der Waals surface area (Å²) in [7, 11) is 0. The van der Waals surface area contributed by atoms with Crippen molar-refractivity contribution in [3.8, 4) is 0 Å². The summed E-state index contributed by atoms with van der Waals surface area (Å²) in [4.78, 5) is 6.90. The van der Waals surface area contributed by atoms with Crippen LogP contribution in [0.4, 0.5) is 5.82 Å². The molecule has 0 saturated carbocycles. The smallest absolute Gasteiger partial charge is 0.128 e. The number of rotatable bonds is 1. The summed E-state index contributed by atoms with van der Waals surface area (Å²) in [5, 5.41) is 3.48. The molecule has 1 N–H and O–H groups in total. The lowest BCUT2D eigenvalue weighted by Crippen LogP contribution is -2.33. The van der Waals surface area contributed by atoms with Gasteiger partial charge < -0.3 is 10.2 Å². The van der Waals surface area contributed by atoms with Gasteiger partial charge in [-0.1, -0.05) is 6.07 Å². The summed E-state index contributed by atoms with van der Waals surface area (Å²) in [5.41, 5.74) is 0. The van der Waals surface area contributed by atoms with Crippen molar-refractivity contribution in [3.05, 3.63) is 24.4 Å². The Labute approximate surface area is 90.5 Å². The molecule has 0 aromatic carbocycles. The molecule has 3 rings (SSSR count). The average Bonchev–Trinajstić information content (AvgIpc) is 2.83. The van der Waals surface area contributed by atoms with Gasteiger partial charge in [0.25, 0.3) is 0 Å². The van der Waals surface area contributed by atoms with Gasteiger partial charge in [-0.3, -0.25) is 0 Å². The molecule has 1 aromatic heterocycles. The Bertz CT molecular complexity index is 338. The van der Waals surface area contributed by atoms with Crippen LogP contribution in [0.5, 0.6) is 0 Å². The van der Waals surface area contributed by atoms with Crippen LogP contribution < -0.4 is 10.2 Å². The number of hydrogen-bond donors (Lipinski definition) is 1. The van der Waals surface area contributed by atoms with Gasteiger partial charge in [0.2, 0.25) is 0 Å². The quantitative estimate of drug-likeness (QED) is 0.741. The summed E-state index contributed by atoms with van der Waals surface area (Å²) in [6.45, 7) is 5.84. The third kappa shape index (κ3) is 1.42. The van der Waals surface area contributed by atoms with Crippen molar-refractivity contribution in [2.24, 2.45) is 11.8 Å². The summed E-state index contributed by atoms with van der Waals surface area (Å²) >= 11 is 0. The third-order valence-electron chi connectivity index (χ3n) is 3.88. The standard InChI is InChI=1S/C12H17N3/c1-9-11-7-13-6-10(11)8-15(9)12-4-2-3-5-14-12/h2-5,9-11,13H,6-8H2,1H3. The van der Waals surface area contributed by atoms with E-state index in [1.54, 1.807) is 0 Å². The van der Waals surface area contributed by atoms with Crippen molar-refractivity contribution in [2.75, 3.05) is 24.5 Å². The van der Waals surface area contributed by atoms with E-state index in [2.05, 4.69) is 34.3 Å². The van der Waals surface area contributed by atoms with Crippen LogP contribution in [0.2, 0.25) is 0 Å². The summed E-state index contributed by atoms with van der Waals surface area (Å²) in [5.74, 6) is 2.77. The largest absolute Gasteiger partial charge is 0.353 e. The molecular weight excluding hydrogens is 186 g/mol. The molecule has 3 heterocycles. The van der Waals surface area contributed by atoms with Crippen LogP contribution in [-0.4, -0.2) is 30.7 Å². The fourth-order valence-electron chi connectivity index (χ4n) is 2.99. The topological polar surface area (TPSA) is 28.2 Å². The van der Waals surface area contributed by atoms with Crippen LogP contribution >= 0.6 is 0 Å². The lowest BCUT2D eigenvalue weighted by molar-refractivity contribution is 0.471. The minimum Gasteiger partial charge on any atom is -0.353 e. The van der Waals surface area contributed by atoms with Gasteiger partial charge in [0.1, 0.15) is 5.82 Å². The van der Waals surface area contributed by atoms with Gasteiger partial charge in [-0.05, 0) is 30.9 Å². The van der Waals surface area contributed by atoms with Crippen LogP contribution in [-0.2, 0) is 0 Å². The number of nitrogens with zero attached hydrogens (tertiary/aromatic N) is 2. The molecule has 80 valence electrons. The van der Waals surface area contributed by atoms with Crippen LogP contribution in [0.1, 0.15) is 6.92 Å². The zero-order valence-corrected chi connectivity index (χ0v) is 9.06. The van der Waals surface area contributed by atoms with Crippen molar-refractivity contribution >= 4 is 5.82 Å². The number of aromatic nitrogens is 1. The maximum Gasteiger partial charge on any atom is 0.128 e. The SMILES string of the molecule is CC1C2CNCC2CN1c1ccccn1. The van der Waals surface area contributed by atoms with E-state index in [4.69, 9.17) is 0 Å². The molecule has 2 aliphatic heterocycles. The molecule has 0 spiro atoms. The van der Waals surface area contributed by atoms with Crippen LogP contribution in [0.15, 0.2) is 24.4 Å². The van der Waals surface area contributed by atoms with Crippen molar-refractivity contribution < 1.29 is 0 Å². The van der Waals surface area contributed by atoms with Gasteiger partial charge in [-0.2, -0.15) is 0 Å². The first-order chi connectivity index (χ1) is 7.36. The predicted molar refractivity (Wildman–Crippen MR) is 60.9 cm³/mol. The second-order valence-electron chi connectivity index (χ2n) is 4.66. The zero-order valence-electron chi connectivity index (χ0n) is 9.06. The number of hydrogen-bond acceptors (Lipinski definition) is 3. The van der Waals surface area contributed by atoms with E-state index >= 15 is 0 Å². The van der Waals surface area contributed by atoms with Gasteiger partial charge in [0.15, 0.2) is 0 Å². The highest BCUT2D eigenvalue weighted by Gasteiger charge is 2.42. The van der Waals surface area contributed by atoms with Crippen molar-refractivity contribution in [3.63, 3.8) is 0 Å². The molecule has 0 aliphatic carbocycles. The normalized spacial score (nSPS) is 34.5. The highest BCUT2D eigenvalue weighted by atomic mass is 15.3. The molecule has 3 unspecified atom stereocenters. The Morgan fingerprint density at radius 2 is 2.33 bits per heavy atom. The average molecular weight is 203 g/mol. The molecule has 2 aliphatic rings. The van der Waals surface area contributed by atoms with E-state index in [-0.39, 0.29) is 0 Å². The van der Waals surface area contributed by atoms with Gasteiger partial charge in [0, 0.05) is 31.9 Å². The second-order valence-corrected chi connectivity index (χ2v) is 4.66. The highest BCUT2D eigenvalue weighted by molar-refractivity contribution is 5.41. The van der Waals surface area contributed by atoms with E-state index in [1.807, 2.05) is 12.3 Å².